The molecule has 10 aromatic heterocycles. The zero-order valence-electron chi connectivity index (χ0n) is 83.2. The van der Waals surface area contributed by atoms with Gasteiger partial charge in [0.15, 0.2) is 0 Å². The third-order valence-electron chi connectivity index (χ3n) is 32.0. The van der Waals surface area contributed by atoms with E-state index in [-0.39, 0.29) is 0 Å². The van der Waals surface area contributed by atoms with Gasteiger partial charge < -0.3 is 45.7 Å². The maximum Gasteiger partial charge on any atom is 0.0495 e. The molecule has 21 aromatic carbocycles. The first-order chi connectivity index (χ1) is 71.6. The molecule has 0 bridgehead atoms. The smallest absolute Gasteiger partial charge is 0.0495 e. The number of hydrogen-bond acceptors (Lipinski definition) is 0. The second-order valence-electron chi connectivity index (χ2n) is 39.5. The lowest BCUT2D eigenvalue weighted by Crippen LogP contribution is -1.88. The van der Waals surface area contributed by atoms with Gasteiger partial charge in [0.1, 0.15) is 0 Å². The summed E-state index contributed by atoms with van der Waals surface area (Å²) in [4.78, 5) is 0. The first-order valence-electron chi connectivity index (χ1n) is 50.4. The quantitative estimate of drug-likeness (QED) is 0.159. The Morgan fingerprint density at radius 2 is 0.253 bits per heavy atom. The second-order valence-corrected chi connectivity index (χ2v) is 39.5. The Morgan fingerprint density at radius 1 is 0.0959 bits per heavy atom. The molecule has 10 heterocycles. The number of rotatable bonds is 6. The van der Waals surface area contributed by atoms with Crippen LogP contribution in [0, 0.1) is 0 Å². The third-order valence-corrected chi connectivity index (χ3v) is 32.0. The van der Waals surface area contributed by atoms with Crippen molar-refractivity contribution in [2.75, 3.05) is 0 Å². The van der Waals surface area contributed by atoms with Gasteiger partial charge in [-0.05, 0) is 218 Å². The van der Waals surface area contributed by atoms with Crippen LogP contribution in [0.4, 0.5) is 0 Å². The van der Waals surface area contributed by atoms with Crippen LogP contribution in [-0.2, 0) is 70.5 Å². The molecular formula is C136H104N10. The summed E-state index contributed by atoms with van der Waals surface area (Å²) in [6.07, 6.45) is 0. The molecule has 31 aromatic rings. The highest BCUT2D eigenvalue weighted by Gasteiger charge is 2.24. The molecule has 10 heteroatoms. The fourth-order valence-corrected chi connectivity index (χ4v) is 24.7. The Morgan fingerprint density at radius 3 is 0.527 bits per heavy atom. The molecule has 0 saturated carbocycles. The Kier molecular flexibility index (Phi) is 20.3. The van der Waals surface area contributed by atoms with Crippen LogP contribution >= 0.6 is 0 Å². The van der Waals surface area contributed by atoms with Crippen LogP contribution in [0.5, 0.6) is 0 Å². The van der Waals surface area contributed by atoms with E-state index in [9.17, 15) is 0 Å². The molecule has 0 aliphatic rings. The van der Waals surface area contributed by atoms with E-state index in [0.29, 0.717) is 0 Å². The Labute approximate surface area is 843 Å². The van der Waals surface area contributed by atoms with Gasteiger partial charge >= 0.3 is 0 Å². The van der Waals surface area contributed by atoms with E-state index in [0.717, 1.165) is 0 Å². The largest absolute Gasteiger partial charge is 0.344 e. The van der Waals surface area contributed by atoms with Crippen LogP contribution in [0.3, 0.4) is 0 Å². The fraction of sp³-hybridized carbons (Fsp3) is 0.0735. The van der Waals surface area contributed by atoms with Crippen molar-refractivity contribution in [1.29, 1.82) is 0 Å². The molecule has 0 radical (unpaired) electrons. The number of aryl methyl sites for hydroxylation is 10. The van der Waals surface area contributed by atoms with Gasteiger partial charge in [-0.25, -0.2) is 0 Å². The predicted molar refractivity (Wildman–Crippen MR) is 625 cm³/mol. The van der Waals surface area contributed by atoms with Gasteiger partial charge in [0.05, 0.1) is 0 Å². The molecule has 0 atom stereocenters. The number of hydrogen-bond donors (Lipinski definition) is 0. The minimum atomic E-state index is 1.24. The Bertz CT molecular complexity index is 10400. The predicted octanol–water partition coefficient (Wildman–Crippen LogP) is 34.9. The van der Waals surface area contributed by atoms with Crippen molar-refractivity contribution in [3.05, 3.63) is 449 Å². The maximum atomic E-state index is 2.36. The molecule has 0 spiro atoms. The SMILES string of the molecule is Cn1c2ccccc2c2c(-c3cccc4c3c3ccccc3n4C)cccc21.Cn1c2ccccc2c2cc(-c3ccc(-c4ccc5c(c4)c4ccccc4n5C)cc3)ccc21.Cn1c2ccccc2c2cc(-c3ccc4c(c3)c3ccccc3n4C)ccc21.Cn1c2ccccc2c2cc(-c3cccc4c3c3ccccc3n4C)ccc21.Cn1c2ccccc2c2ccc(-c3cccc4c3c3ccccc3n4C)cc21. The third kappa shape index (κ3) is 13.5. The van der Waals surface area contributed by atoms with Crippen molar-refractivity contribution in [2.24, 2.45) is 70.5 Å². The van der Waals surface area contributed by atoms with Gasteiger partial charge in [0, 0.05) is 289 Å². The average Bonchev–Trinajstić information content (AvgIpc) is 1.57. The van der Waals surface area contributed by atoms with Crippen LogP contribution in [0.25, 0.3) is 285 Å². The Hall–Kier alpha value is -18.4. The first-order valence-corrected chi connectivity index (χ1v) is 50.4. The summed E-state index contributed by atoms with van der Waals surface area (Å²) in [6.45, 7) is 0. The summed E-state index contributed by atoms with van der Waals surface area (Å²) in [5, 5.41) is 26.3. The average molecular weight is 1880 g/mol. The number of para-hydroxylation sites is 10. The van der Waals surface area contributed by atoms with E-state index < -0.39 is 0 Å². The summed E-state index contributed by atoms with van der Waals surface area (Å²) in [6, 6.07) is 163. The van der Waals surface area contributed by atoms with Crippen molar-refractivity contribution >= 4 is 218 Å². The molecule has 0 N–H and O–H groups in total. The van der Waals surface area contributed by atoms with Gasteiger partial charge in [-0.1, -0.05) is 297 Å². The second kappa shape index (κ2) is 34.2. The molecule has 31 rings (SSSR count). The summed E-state index contributed by atoms with van der Waals surface area (Å²) < 4.78 is 22.9. The minimum absolute atomic E-state index is 1.24. The van der Waals surface area contributed by atoms with Gasteiger partial charge in [-0.3, -0.25) is 0 Å². The van der Waals surface area contributed by atoms with Crippen molar-refractivity contribution < 1.29 is 0 Å². The van der Waals surface area contributed by atoms with Crippen molar-refractivity contribution in [1.82, 2.24) is 45.7 Å². The summed E-state index contributed by atoms with van der Waals surface area (Å²) >= 11 is 0. The molecule has 0 unspecified atom stereocenters. The molecule has 146 heavy (non-hydrogen) atoms. The van der Waals surface area contributed by atoms with E-state index in [1.807, 2.05) is 0 Å². The van der Waals surface area contributed by atoms with E-state index in [1.54, 1.807) is 0 Å². The molecule has 0 amide bonds. The van der Waals surface area contributed by atoms with Crippen molar-refractivity contribution in [3.63, 3.8) is 0 Å². The molecule has 698 valence electrons. The normalized spacial score (nSPS) is 11.9. The van der Waals surface area contributed by atoms with E-state index in [4.69, 9.17) is 0 Å². The number of aromatic nitrogens is 10. The molecule has 0 aliphatic carbocycles. The van der Waals surface area contributed by atoms with Crippen LogP contribution in [-0.4, -0.2) is 45.7 Å². The van der Waals surface area contributed by atoms with Gasteiger partial charge in [0.25, 0.3) is 0 Å². The lowest BCUT2D eigenvalue weighted by molar-refractivity contribution is 1.01. The van der Waals surface area contributed by atoms with Crippen molar-refractivity contribution in [2.45, 2.75) is 0 Å². The first kappa shape index (κ1) is 86.7. The topological polar surface area (TPSA) is 49.3 Å². The van der Waals surface area contributed by atoms with Crippen LogP contribution in [0.15, 0.2) is 449 Å². The number of nitrogens with zero attached hydrogens (tertiary/aromatic N) is 10. The van der Waals surface area contributed by atoms with E-state index in [1.165, 1.54) is 285 Å². The standard InChI is InChI=1S/C32H24N2.4C26H20N2/c1-33-29-9-5-3-7-25(29)27-19-23(15-17-31(27)33)21-11-13-22(14-12-21)24-16-18-32-28(20-24)26-8-4-6-10-30(26)34(32)2;1-27-21-13-5-3-9-19(21)25-17(11-7-15-23(25)27)18-12-8-16-24-26(18)20-10-4-6-14-22(20)28(24)2;1-27-23-12-6-4-9-21(23)26-18(10-7-13-24(26)27)17-14-15-20-19-8-3-5-11-22(19)28(2)25(20)16-17;1-27-22-11-5-3-8-19(22)21-16-17(14-15-24(21)27)18-10-7-13-25-26(18)20-9-4-6-12-23(20)28(25)2;1-27-23-9-5-3-7-19(23)21-15-17(11-13-25(21)27)18-12-14-26-22(16-18)20-8-4-6-10-24(20)28(26)2/h3-20H,1-2H3;4*3-16H,1-2H3. The zero-order valence-corrected chi connectivity index (χ0v) is 83.2. The summed E-state index contributed by atoms with van der Waals surface area (Å²) in [5.74, 6) is 0. The van der Waals surface area contributed by atoms with Gasteiger partial charge in [-0.2, -0.15) is 0 Å². The van der Waals surface area contributed by atoms with E-state index in [2.05, 4.69) is 565 Å². The molecule has 0 aliphatic heterocycles. The molecule has 0 saturated heterocycles. The zero-order chi connectivity index (χ0) is 98.1. The van der Waals surface area contributed by atoms with Crippen molar-refractivity contribution in [3.8, 4) is 66.8 Å². The van der Waals surface area contributed by atoms with Crippen LogP contribution in [0.1, 0.15) is 0 Å². The summed E-state index contributed by atoms with van der Waals surface area (Å²) in [7, 11) is 21.5. The highest BCUT2D eigenvalue weighted by atomic mass is 15.0. The molecule has 10 nitrogen and oxygen atoms in total. The monoisotopic (exact) mass is 1880 g/mol. The molecule has 0 fully saturated rings. The highest BCUT2D eigenvalue weighted by Crippen LogP contribution is 2.47. The fourth-order valence-electron chi connectivity index (χ4n) is 24.7. The highest BCUT2D eigenvalue weighted by molar-refractivity contribution is 6.24. The number of benzene rings is 21. The van der Waals surface area contributed by atoms with Gasteiger partial charge in [-0.15, -0.1) is 0 Å². The minimum Gasteiger partial charge on any atom is -0.344 e. The lowest BCUT2D eigenvalue weighted by atomic mass is 9.95. The van der Waals surface area contributed by atoms with Crippen LogP contribution < -0.4 is 0 Å². The number of fused-ring (bicyclic) bond motifs is 30. The lowest BCUT2D eigenvalue weighted by Gasteiger charge is -2.08. The van der Waals surface area contributed by atoms with E-state index >= 15 is 0 Å². The maximum absolute atomic E-state index is 2.36. The summed E-state index contributed by atoms with van der Waals surface area (Å²) in [5.41, 5.74) is 40.7. The Balaban J connectivity index is 0.0000000907. The molecular weight excluding hydrogens is 1770 g/mol. The van der Waals surface area contributed by atoms with Gasteiger partial charge in [0.2, 0.25) is 0 Å². The van der Waals surface area contributed by atoms with Crippen LogP contribution in [0.2, 0.25) is 0 Å².